The Labute approximate surface area is 149 Å². The Hall–Kier alpha value is -2.52. The molecule has 0 amide bonds. The van der Waals surface area contributed by atoms with Crippen molar-refractivity contribution in [2.75, 3.05) is 13.7 Å². The number of fused-ring (bicyclic) bond motifs is 1. The van der Waals surface area contributed by atoms with E-state index in [9.17, 15) is 15.3 Å². The zero-order valence-corrected chi connectivity index (χ0v) is 14.1. The summed E-state index contributed by atoms with van der Waals surface area (Å²) in [7, 11) is 1.63. The average Bonchev–Trinajstić information content (AvgIpc) is 3.15. The van der Waals surface area contributed by atoms with Crippen LogP contribution in [0.5, 0.6) is 5.75 Å². The van der Waals surface area contributed by atoms with Gasteiger partial charge in [-0.05, 0) is 29.0 Å². The Bertz CT molecular complexity index is 928. The van der Waals surface area contributed by atoms with Crippen LogP contribution in [0, 0.1) is 0 Å². The van der Waals surface area contributed by atoms with Gasteiger partial charge in [0, 0.05) is 5.56 Å². The molecule has 1 saturated heterocycles. The van der Waals surface area contributed by atoms with Gasteiger partial charge in [0.05, 0.1) is 19.9 Å². The highest BCUT2D eigenvalue weighted by Crippen LogP contribution is 2.28. The highest BCUT2D eigenvalue weighted by atomic mass is 16.5. The first-order valence-electron chi connectivity index (χ1n) is 8.22. The van der Waals surface area contributed by atoms with Crippen LogP contribution in [0.25, 0.3) is 22.0 Å². The molecule has 8 heteroatoms. The first kappa shape index (κ1) is 16.9. The van der Waals surface area contributed by atoms with Crippen LogP contribution in [0.2, 0.25) is 0 Å². The summed E-state index contributed by atoms with van der Waals surface area (Å²) in [6.45, 7) is -0.0874. The van der Waals surface area contributed by atoms with Gasteiger partial charge in [-0.3, -0.25) is 0 Å². The summed E-state index contributed by atoms with van der Waals surface area (Å²) < 4.78 is 12.0. The highest BCUT2D eigenvalue weighted by molar-refractivity contribution is 5.87. The quantitative estimate of drug-likeness (QED) is 0.633. The second-order valence-corrected chi connectivity index (χ2v) is 6.28. The van der Waals surface area contributed by atoms with Gasteiger partial charge in [0.15, 0.2) is 6.23 Å². The van der Waals surface area contributed by atoms with Gasteiger partial charge in [0.2, 0.25) is 0 Å². The molecule has 1 aliphatic heterocycles. The lowest BCUT2D eigenvalue weighted by Crippen LogP contribution is -2.50. The maximum absolute atomic E-state index is 10.1. The molecule has 2 heterocycles. The molecule has 2 aromatic carbocycles. The van der Waals surface area contributed by atoms with E-state index in [4.69, 9.17) is 9.47 Å². The topological polar surface area (TPSA) is 110 Å². The van der Waals surface area contributed by atoms with Gasteiger partial charge in [-0.2, -0.15) is 0 Å². The predicted molar refractivity (Wildman–Crippen MR) is 92.5 cm³/mol. The minimum absolute atomic E-state index is 0.0874. The number of aromatic nitrogens is 3. The largest absolute Gasteiger partial charge is 0.497 e. The van der Waals surface area contributed by atoms with Crippen molar-refractivity contribution in [3.05, 3.63) is 42.6 Å². The van der Waals surface area contributed by atoms with Gasteiger partial charge in [0.25, 0.3) is 0 Å². The van der Waals surface area contributed by atoms with Crippen molar-refractivity contribution in [2.45, 2.75) is 24.5 Å². The lowest BCUT2D eigenvalue weighted by Gasteiger charge is -2.34. The molecule has 8 nitrogen and oxygen atoms in total. The summed E-state index contributed by atoms with van der Waals surface area (Å²) in [4.78, 5) is 0. The molecule has 0 aliphatic carbocycles. The van der Waals surface area contributed by atoms with E-state index in [2.05, 4.69) is 10.3 Å². The number of ether oxygens (including phenoxy) is 2. The lowest BCUT2D eigenvalue weighted by atomic mass is 10.0. The molecular formula is C18H19N3O5. The van der Waals surface area contributed by atoms with Crippen LogP contribution in [0.15, 0.2) is 42.6 Å². The van der Waals surface area contributed by atoms with Crippen LogP contribution < -0.4 is 4.74 Å². The molecule has 0 bridgehead atoms. The van der Waals surface area contributed by atoms with Gasteiger partial charge >= 0.3 is 0 Å². The number of rotatable bonds is 3. The Morgan fingerprint density at radius 2 is 1.85 bits per heavy atom. The summed E-state index contributed by atoms with van der Waals surface area (Å²) in [5.74, 6) is 0.792. The van der Waals surface area contributed by atoms with Gasteiger partial charge in [-0.25, -0.2) is 4.68 Å². The Balaban J connectivity index is 1.62. The molecule has 3 N–H and O–H groups in total. The number of aliphatic hydroxyl groups excluding tert-OH is 3. The smallest absolute Gasteiger partial charge is 0.180 e. The fraction of sp³-hybridized carbons (Fsp3) is 0.333. The maximum Gasteiger partial charge on any atom is 0.180 e. The van der Waals surface area contributed by atoms with Gasteiger partial charge in [0.1, 0.15) is 29.8 Å². The lowest BCUT2D eigenvalue weighted by molar-refractivity contribution is -0.214. The van der Waals surface area contributed by atoms with E-state index >= 15 is 0 Å². The maximum atomic E-state index is 10.1. The third-order valence-electron chi connectivity index (χ3n) is 4.59. The van der Waals surface area contributed by atoms with Gasteiger partial charge < -0.3 is 24.8 Å². The number of benzene rings is 2. The summed E-state index contributed by atoms with van der Waals surface area (Å²) in [6, 6.07) is 11.7. The fourth-order valence-electron chi connectivity index (χ4n) is 3.07. The van der Waals surface area contributed by atoms with E-state index in [1.807, 2.05) is 36.4 Å². The molecule has 26 heavy (non-hydrogen) atoms. The molecule has 0 spiro atoms. The molecule has 4 atom stereocenters. The Kier molecular flexibility index (Phi) is 4.33. The molecule has 1 fully saturated rings. The van der Waals surface area contributed by atoms with Crippen molar-refractivity contribution in [1.82, 2.24) is 15.0 Å². The number of nitrogens with zero attached hydrogens (tertiary/aromatic N) is 3. The third-order valence-corrected chi connectivity index (χ3v) is 4.59. The summed E-state index contributed by atoms with van der Waals surface area (Å²) in [6.07, 6.45) is -2.97. The Morgan fingerprint density at radius 1 is 1.08 bits per heavy atom. The number of methoxy groups -OCH3 is 1. The first-order chi connectivity index (χ1) is 12.6. The molecular weight excluding hydrogens is 338 g/mol. The van der Waals surface area contributed by atoms with Gasteiger partial charge in [-0.1, -0.05) is 23.4 Å². The number of aliphatic hydroxyl groups is 3. The molecule has 0 radical (unpaired) electrons. The molecule has 3 aromatic rings. The molecule has 0 saturated carbocycles. The van der Waals surface area contributed by atoms with Crippen LogP contribution in [0.3, 0.4) is 0 Å². The van der Waals surface area contributed by atoms with Crippen LogP contribution in [-0.2, 0) is 4.74 Å². The minimum Gasteiger partial charge on any atom is -0.497 e. The number of hydrogen-bond donors (Lipinski definition) is 3. The third kappa shape index (κ3) is 2.93. The molecule has 1 aliphatic rings. The standard InChI is InChI=1S/C18H19N3O5/c1-25-13-5-4-10-6-12(3-2-11(10)7-13)14-8-21(20-19-14)18-17(24)16(23)15(22)9-26-18/h2-8,15-18,22-24H,9H2,1H3/t15-,16+,17-,18-/m1/s1. The van der Waals surface area contributed by atoms with Crippen molar-refractivity contribution in [1.29, 1.82) is 0 Å². The fourth-order valence-corrected chi connectivity index (χ4v) is 3.07. The number of hydrogen-bond acceptors (Lipinski definition) is 7. The first-order valence-corrected chi connectivity index (χ1v) is 8.22. The minimum atomic E-state index is -1.29. The van der Waals surface area contributed by atoms with Crippen LogP contribution in [-0.4, -0.2) is 62.3 Å². The van der Waals surface area contributed by atoms with E-state index in [0.29, 0.717) is 5.69 Å². The summed E-state index contributed by atoms with van der Waals surface area (Å²) in [5.41, 5.74) is 1.47. The zero-order chi connectivity index (χ0) is 18.3. The summed E-state index contributed by atoms with van der Waals surface area (Å²) >= 11 is 0. The SMILES string of the molecule is COc1ccc2cc(-c3cn([C@@H]4OC[C@@H](O)[C@H](O)[C@H]4O)nn3)ccc2c1. The molecule has 4 rings (SSSR count). The average molecular weight is 357 g/mol. The summed E-state index contributed by atoms with van der Waals surface area (Å²) in [5, 5.41) is 39.7. The van der Waals surface area contributed by atoms with Crippen LogP contribution >= 0.6 is 0 Å². The van der Waals surface area contributed by atoms with E-state index in [1.165, 1.54) is 4.68 Å². The van der Waals surface area contributed by atoms with Crippen molar-refractivity contribution < 1.29 is 24.8 Å². The van der Waals surface area contributed by atoms with Crippen LogP contribution in [0.4, 0.5) is 0 Å². The van der Waals surface area contributed by atoms with E-state index in [-0.39, 0.29) is 6.61 Å². The Morgan fingerprint density at radius 3 is 2.65 bits per heavy atom. The van der Waals surface area contributed by atoms with E-state index < -0.39 is 24.5 Å². The van der Waals surface area contributed by atoms with E-state index in [0.717, 1.165) is 22.1 Å². The monoisotopic (exact) mass is 357 g/mol. The van der Waals surface area contributed by atoms with Crippen molar-refractivity contribution in [3.8, 4) is 17.0 Å². The van der Waals surface area contributed by atoms with E-state index in [1.54, 1.807) is 13.3 Å². The zero-order valence-electron chi connectivity index (χ0n) is 14.1. The molecule has 136 valence electrons. The van der Waals surface area contributed by atoms with Crippen molar-refractivity contribution in [3.63, 3.8) is 0 Å². The second kappa shape index (κ2) is 6.65. The molecule has 1 aromatic heterocycles. The second-order valence-electron chi connectivity index (χ2n) is 6.28. The van der Waals surface area contributed by atoms with Crippen molar-refractivity contribution >= 4 is 10.8 Å². The van der Waals surface area contributed by atoms with Crippen LogP contribution in [0.1, 0.15) is 6.23 Å². The van der Waals surface area contributed by atoms with Gasteiger partial charge in [-0.15, -0.1) is 5.10 Å². The predicted octanol–water partition coefficient (Wildman–Crippen LogP) is 0.718. The highest BCUT2D eigenvalue weighted by Gasteiger charge is 2.39. The van der Waals surface area contributed by atoms with Crippen molar-refractivity contribution in [2.24, 2.45) is 0 Å². The molecule has 0 unspecified atom stereocenters. The normalized spacial score (nSPS) is 26.2.